The molecule has 3 rings (SSSR count). The number of ether oxygens (including phenoxy) is 1. The summed E-state index contributed by atoms with van der Waals surface area (Å²) in [5.74, 6) is 0.709. The largest absolute Gasteiger partial charge is 0.507 e. The predicted octanol–water partition coefficient (Wildman–Crippen LogP) is 3.98. The molecule has 0 spiro atoms. The van der Waals surface area contributed by atoms with Crippen LogP contribution in [0.4, 0.5) is 0 Å². The maximum absolute atomic E-state index is 13.4. The van der Waals surface area contributed by atoms with E-state index in [1.54, 1.807) is 17.7 Å². The molecule has 0 aliphatic carbocycles. The quantitative estimate of drug-likeness (QED) is 0.791. The molecule has 2 heterocycles. The van der Waals surface area contributed by atoms with Crippen molar-refractivity contribution in [2.45, 2.75) is 39.3 Å². The second-order valence-electron chi connectivity index (χ2n) is 7.71. The molecule has 1 aliphatic rings. The van der Waals surface area contributed by atoms with Gasteiger partial charge in [-0.15, -0.1) is 0 Å². The fourth-order valence-electron chi connectivity index (χ4n) is 4.01. The lowest BCUT2D eigenvalue weighted by atomic mass is 9.92. The van der Waals surface area contributed by atoms with Crippen LogP contribution < -0.4 is 5.56 Å². The Morgan fingerprint density at radius 2 is 2.00 bits per heavy atom. The highest BCUT2D eigenvalue weighted by atomic mass is 35.5. The summed E-state index contributed by atoms with van der Waals surface area (Å²) in [4.78, 5) is 15.7. The van der Waals surface area contributed by atoms with Gasteiger partial charge in [0.2, 0.25) is 0 Å². The maximum atomic E-state index is 13.4. The van der Waals surface area contributed by atoms with Gasteiger partial charge in [0, 0.05) is 24.4 Å². The first-order valence-electron chi connectivity index (χ1n) is 9.84. The number of halogens is 1. The van der Waals surface area contributed by atoms with Crippen molar-refractivity contribution in [3.63, 3.8) is 0 Å². The molecule has 1 N–H and O–H groups in total. The molecule has 1 aliphatic heterocycles. The first kappa shape index (κ1) is 20.9. The molecule has 1 saturated heterocycles. The Kier molecular flexibility index (Phi) is 6.81. The van der Waals surface area contributed by atoms with Crippen molar-refractivity contribution < 1.29 is 9.84 Å². The third kappa shape index (κ3) is 4.43. The molecule has 0 saturated carbocycles. The lowest BCUT2D eigenvalue weighted by Gasteiger charge is -2.37. The number of likely N-dealkylation sites (tertiary alicyclic amines) is 1. The topological polar surface area (TPSA) is 54.7 Å². The van der Waals surface area contributed by atoms with E-state index in [-0.39, 0.29) is 17.4 Å². The van der Waals surface area contributed by atoms with Crippen molar-refractivity contribution in [1.29, 1.82) is 0 Å². The number of hydrogen-bond acceptors (Lipinski definition) is 4. The first-order chi connectivity index (χ1) is 13.4. The average Bonchev–Trinajstić information content (AvgIpc) is 2.66. The fraction of sp³-hybridized carbons (Fsp3) is 0.500. The molecule has 2 aromatic rings. The van der Waals surface area contributed by atoms with Gasteiger partial charge in [-0.3, -0.25) is 9.69 Å². The van der Waals surface area contributed by atoms with E-state index in [1.807, 2.05) is 31.2 Å². The number of benzene rings is 1. The van der Waals surface area contributed by atoms with Crippen LogP contribution in [0.2, 0.25) is 5.02 Å². The van der Waals surface area contributed by atoms with Crippen molar-refractivity contribution in [2.75, 3.05) is 26.8 Å². The minimum Gasteiger partial charge on any atom is -0.507 e. The SMILES string of the molecule is COCCn1c(C)cc(O)c([C@H](c2cccc(Cl)c2)N2CCC(C)CC2)c1=O. The van der Waals surface area contributed by atoms with Crippen LogP contribution in [0, 0.1) is 12.8 Å². The van der Waals surface area contributed by atoms with E-state index in [1.165, 1.54) is 0 Å². The van der Waals surface area contributed by atoms with E-state index >= 15 is 0 Å². The zero-order chi connectivity index (χ0) is 20.3. The number of methoxy groups -OCH3 is 1. The highest BCUT2D eigenvalue weighted by molar-refractivity contribution is 6.30. The molecule has 0 unspecified atom stereocenters. The van der Waals surface area contributed by atoms with E-state index in [0.29, 0.717) is 29.7 Å². The normalized spacial score (nSPS) is 17.0. The number of aromatic nitrogens is 1. The van der Waals surface area contributed by atoms with Gasteiger partial charge in [0.05, 0.1) is 18.2 Å². The van der Waals surface area contributed by atoms with Crippen LogP contribution in [0.3, 0.4) is 0 Å². The van der Waals surface area contributed by atoms with Gasteiger partial charge in [0.25, 0.3) is 5.56 Å². The summed E-state index contributed by atoms with van der Waals surface area (Å²) in [5, 5.41) is 11.4. The zero-order valence-corrected chi connectivity index (χ0v) is 17.6. The summed E-state index contributed by atoms with van der Waals surface area (Å²) < 4.78 is 6.85. The van der Waals surface area contributed by atoms with Crippen LogP contribution in [0.5, 0.6) is 5.75 Å². The molecule has 5 nitrogen and oxygen atoms in total. The molecule has 1 fully saturated rings. The zero-order valence-electron chi connectivity index (χ0n) is 16.8. The lowest BCUT2D eigenvalue weighted by molar-refractivity contribution is 0.154. The summed E-state index contributed by atoms with van der Waals surface area (Å²) in [5.41, 5.74) is 1.90. The molecule has 1 aromatic carbocycles. The Labute approximate surface area is 171 Å². The van der Waals surface area contributed by atoms with Gasteiger partial charge >= 0.3 is 0 Å². The van der Waals surface area contributed by atoms with E-state index in [2.05, 4.69) is 11.8 Å². The van der Waals surface area contributed by atoms with Crippen molar-refractivity contribution in [1.82, 2.24) is 9.47 Å². The molecule has 152 valence electrons. The number of pyridine rings is 1. The second kappa shape index (κ2) is 9.12. The van der Waals surface area contributed by atoms with Gasteiger partial charge in [-0.05, 0) is 62.5 Å². The Hall–Kier alpha value is -1.82. The van der Waals surface area contributed by atoms with Crippen LogP contribution in [-0.2, 0) is 11.3 Å². The minimum atomic E-state index is -0.326. The number of aromatic hydroxyl groups is 1. The lowest BCUT2D eigenvalue weighted by Crippen LogP contribution is -2.40. The van der Waals surface area contributed by atoms with Gasteiger partial charge in [-0.25, -0.2) is 0 Å². The van der Waals surface area contributed by atoms with Crippen LogP contribution in [0.25, 0.3) is 0 Å². The third-order valence-corrected chi connectivity index (χ3v) is 5.90. The van der Waals surface area contributed by atoms with Gasteiger partial charge < -0.3 is 14.4 Å². The Morgan fingerprint density at radius 3 is 2.64 bits per heavy atom. The van der Waals surface area contributed by atoms with Crippen molar-refractivity contribution >= 4 is 11.6 Å². The number of hydrogen-bond donors (Lipinski definition) is 1. The maximum Gasteiger partial charge on any atom is 0.259 e. The molecule has 0 radical (unpaired) electrons. The highest BCUT2D eigenvalue weighted by Crippen LogP contribution is 2.35. The van der Waals surface area contributed by atoms with Crippen LogP contribution in [-0.4, -0.2) is 41.4 Å². The van der Waals surface area contributed by atoms with Gasteiger partial charge in [-0.2, -0.15) is 0 Å². The highest BCUT2D eigenvalue weighted by Gasteiger charge is 2.31. The average molecular weight is 405 g/mol. The summed E-state index contributed by atoms with van der Waals surface area (Å²) >= 11 is 6.26. The molecule has 6 heteroatoms. The number of nitrogens with zero attached hydrogens (tertiary/aromatic N) is 2. The Balaban J connectivity index is 2.13. The Bertz CT molecular complexity index is 873. The van der Waals surface area contributed by atoms with Crippen molar-refractivity contribution in [3.05, 3.63) is 62.5 Å². The Morgan fingerprint density at radius 1 is 1.29 bits per heavy atom. The third-order valence-electron chi connectivity index (χ3n) is 5.66. The molecule has 28 heavy (non-hydrogen) atoms. The number of piperidine rings is 1. The van der Waals surface area contributed by atoms with Crippen molar-refractivity contribution in [2.24, 2.45) is 5.92 Å². The van der Waals surface area contributed by atoms with Crippen LogP contribution in [0.1, 0.15) is 42.6 Å². The molecular formula is C22H29ClN2O3. The number of aryl methyl sites for hydroxylation is 1. The summed E-state index contributed by atoms with van der Waals surface area (Å²) in [6.45, 7) is 6.73. The number of rotatable bonds is 6. The van der Waals surface area contributed by atoms with E-state index in [9.17, 15) is 9.90 Å². The molecule has 0 bridgehead atoms. The van der Waals surface area contributed by atoms with Gasteiger partial charge in [-0.1, -0.05) is 30.7 Å². The standard InChI is InChI=1S/C22H29ClN2O3/c1-15-7-9-24(10-8-15)21(17-5-4-6-18(23)14-17)20-19(26)13-16(2)25(22(20)27)11-12-28-3/h4-6,13-15,21,26H,7-12H2,1-3H3/t21-/m0/s1. The summed E-state index contributed by atoms with van der Waals surface area (Å²) in [7, 11) is 1.62. The summed E-state index contributed by atoms with van der Waals surface area (Å²) in [6, 6.07) is 8.94. The molecule has 0 amide bonds. The van der Waals surface area contributed by atoms with Crippen molar-refractivity contribution in [3.8, 4) is 5.75 Å². The first-order valence-corrected chi connectivity index (χ1v) is 10.2. The van der Waals surface area contributed by atoms with Gasteiger partial charge in [0.1, 0.15) is 5.75 Å². The molecule has 1 atom stereocenters. The van der Waals surface area contributed by atoms with E-state index < -0.39 is 0 Å². The van der Waals surface area contributed by atoms with Gasteiger partial charge in [0.15, 0.2) is 0 Å². The van der Waals surface area contributed by atoms with Crippen LogP contribution >= 0.6 is 11.6 Å². The molecule has 1 aromatic heterocycles. The fourth-order valence-corrected chi connectivity index (χ4v) is 4.21. The molecular weight excluding hydrogens is 376 g/mol. The van der Waals surface area contributed by atoms with E-state index in [0.717, 1.165) is 37.2 Å². The predicted molar refractivity (Wildman–Crippen MR) is 112 cm³/mol. The van der Waals surface area contributed by atoms with Crippen LogP contribution in [0.15, 0.2) is 35.1 Å². The second-order valence-corrected chi connectivity index (χ2v) is 8.15. The monoisotopic (exact) mass is 404 g/mol. The van der Waals surface area contributed by atoms with E-state index in [4.69, 9.17) is 16.3 Å². The summed E-state index contributed by atoms with van der Waals surface area (Å²) in [6.07, 6.45) is 2.14. The smallest absolute Gasteiger partial charge is 0.259 e. The minimum absolute atomic E-state index is 0.0414.